The molecule has 1 atom stereocenters. The Morgan fingerprint density at radius 1 is 1.24 bits per heavy atom. The van der Waals surface area contributed by atoms with Crippen LogP contribution in [0.1, 0.15) is 26.7 Å². The number of para-hydroxylation sites is 2. The van der Waals surface area contributed by atoms with Gasteiger partial charge in [0.2, 0.25) is 0 Å². The Labute approximate surface area is 149 Å². The molecule has 0 bridgehead atoms. The number of hydrogen-bond acceptors (Lipinski definition) is 5. The Hall–Kier alpha value is -2.44. The van der Waals surface area contributed by atoms with Crippen LogP contribution in [0.5, 0.6) is 11.5 Å². The molecule has 0 aliphatic heterocycles. The minimum Gasteiger partial charge on any atom is -0.493 e. The van der Waals surface area contributed by atoms with Crippen LogP contribution in [0.15, 0.2) is 29.3 Å². The molecule has 0 spiro atoms. The maximum absolute atomic E-state index is 11.3. The standard InChI is InChI=1S/C18H29N3O4/c1-5-24-17(22)11-8-12-20-18(19-3)21-13-14(2)25-16-10-7-6-9-15(16)23-4/h6-7,9-10,14H,5,8,11-13H2,1-4H3,(H2,19,20,21). The molecule has 1 aromatic carbocycles. The van der Waals surface area contributed by atoms with Gasteiger partial charge in [-0.15, -0.1) is 0 Å². The number of aliphatic imine (C=N–C) groups is 1. The third kappa shape index (κ3) is 8.28. The van der Waals surface area contributed by atoms with Crippen molar-refractivity contribution in [3.05, 3.63) is 24.3 Å². The summed E-state index contributed by atoms with van der Waals surface area (Å²) >= 11 is 0. The monoisotopic (exact) mass is 351 g/mol. The van der Waals surface area contributed by atoms with Crippen molar-refractivity contribution >= 4 is 11.9 Å². The number of rotatable bonds is 10. The molecule has 0 aliphatic rings. The van der Waals surface area contributed by atoms with E-state index in [9.17, 15) is 4.79 Å². The summed E-state index contributed by atoms with van der Waals surface area (Å²) in [6, 6.07) is 7.54. The fourth-order valence-electron chi connectivity index (χ4n) is 2.11. The van der Waals surface area contributed by atoms with Gasteiger partial charge in [-0.25, -0.2) is 0 Å². The summed E-state index contributed by atoms with van der Waals surface area (Å²) in [6.07, 6.45) is 1.01. The number of ether oxygens (including phenoxy) is 3. The highest BCUT2D eigenvalue weighted by molar-refractivity contribution is 5.79. The SMILES string of the molecule is CCOC(=O)CCCNC(=NC)NCC(C)Oc1ccccc1OC. The Bertz CT molecular complexity index is 549. The highest BCUT2D eigenvalue weighted by Crippen LogP contribution is 2.26. The molecule has 0 fully saturated rings. The summed E-state index contributed by atoms with van der Waals surface area (Å²) in [5.74, 6) is 1.90. The van der Waals surface area contributed by atoms with E-state index in [1.165, 1.54) is 0 Å². The lowest BCUT2D eigenvalue weighted by molar-refractivity contribution is -0.143. The van der Waals surface area contributed by atoms with Gasteiger partial charge in [0.15, 0.2) is 17.5 Å². The van der Waals surface area contributed by atoms with Gasteiger partial charge in [0, 0.05) is 20.0 Å². The van der Waals surface area contributed by atoms with Gasteiger partial charge in [0.25, 0.3) is 0 Å². The van der Waals surface area contributed by atoms with Crippen molar-refractivity contribution in [2.45, 2.75) is 32.8 Å². The molecule has 0 saturated carbocycles. The molecule has 0 amide bonds. The molecule has 0 radical (unpaired) electrons. The first-order valence-corrected chi connectivity index (χ1v) is 8.50. The highest BCUT2D eigenvalue weighted by Gasteiger charge is 2.09. The summed E-state index contributed by atoms with van der Waals surface area (Å²) in [5, 5.41) is 6.36. The lowest BCUT2D eigenvalue weighted by Gasteiger charge is -2.19. The molecular formula is C18H29N3O4. The summed E-state index contributed by atoms with van der Waals surface area (Å²) in [5.41, 5.74) is 0. The molecular weight excluding hydrogens is 322 g/mol. The maximum Gasteiger partial charge on any atom is 0.305 e. The molecule has 2 N–H and O–H groups in total. The van der Waals surface area contributed by atoms with E-state index in [2.05, 4.69) is 15.6 Å². The number of carbonyl (C=O) groups excluding carboxylic acids is 1. The zero-order valence-electron chi connectivity index (χ0n) is 15.5. The Morgan fingerprint density at radius 2 is 1.96 bits per heavy atom. The van der Waals surface area contributed by atoms with Crippen molar-refractivity contribution in [2.75, 3.05) is 33.9 Å². The predicted molar refractivity (Wildman–Crippen MR) is 98.3 cm³/mol. The quantitative estimate of drug-likeness (QED) is 0.290. The predicted octanol–water partition coefficient (Wildman–Crippen LogP) is 1.97. The lowest BCUT2D eigenvalue weighted by atomic mass is 10.3. The molecule has 7 nitrogen and oxygen atoms in total. The number of nitrogens with one attached hydrogen (secondary N) is 2. The Morgan fingerprint density at radius 3 is 2.60 bits per heavy atom. The van der Waals surface area contributed by atoms with Crippen molar-refractivity contribution in [1.82, 2.24) is 10.6 Å². The average molecular weight is 351 g/mol. The average Bonchev–Trinajstić information content (AvgIpc) is 2.61. The zero-order chi connectivity index (χ0) is 18.5. The van der Waals surface area contributed by atoms with E-state index in [0.29, 0.717) is 50.0 Å². The van der Waals surface area contributed by atoms with E-state index in [1.54, 1.807) is 21.1 Å². The van der Waals surface area contributed by atoms with Crippen molar-refractivity contribution in [1.29, 1.82) is 0 Å². The molecule has 0 aliphatic carbocycles. The minimum atomic E-state index is -0.175. The van der Waals surface area contributed by atoms with Gasteiger partial charge in [0.1, 0.15) is 6.10 Å². The van der Waals surface area contributed by atoms with Gasteiger partial charge in [-0.1, -0.05) is 12.1 Å². The fourth-order valence-corrected chi connectivity index (χ4v) is 2.11. The van der Waals surface area contributed by atoms with E-state index < -0.39 is 0 Å². The highest BCUT2D eigenvalue weighted by atomic mass is 16.5. The molecule has 0 saturated heterocycles. The van der Waals surface area contributed by atoms with Crippen molar-refractivity contribution in [2.24, 2.45) is 4.99 Å². The first kappa shape index (κ1) is 20.6. The third-order valence-corrected chi connectivity index (χ3v) is 3.33. The van der Waals surface area contributed by atoms with Crippen LogP contribution in [-0.2, 0) is 9.53 Å². The molecule has 1 aromatic rings. The molecule has 1 rings (SSSR count). The van der Waals surface area contributed by atoms with Crippen LogP contribution in [0.3, 0.4) is 0 Å². The van der Waals surface area contributed by atoms with E-state index in [-0.39, 0.29) is 12.1 Å². The number of hydrogen-bond donors (Lipinski definition) is 2. The van der Waals surface area contributed by atoms with E-state index in [0.717, 1.165) is 0 Å². The number of carbonyl (C=O) groups is 1. The molecule has 7 heteroatoms. The summed E-state index contributed by atoms with van der Waals surface area (Å²) < 4.78 is 16.0. The van der Waals surface area contributed by atoms with E-state index in [4.69, 9.17) is 14.2 Å². The number of nitrogens with zero attached hydrogens (tertiary/aromatic N) is 1. The summed E-state index contributed by atoms with van der Waals surface area (Å²) in [6.45, 7) is 5.40. The summed E-state index contributed by atoms with van der Waals surface area (Å²) in [7, 11) is 3.32. The van der Waals surface area contributed by atoms with Gasteiger partial charge < -0.3 is 24.8 Å². The van der Waals surface area contributed by atoms with Crippen molar-refractivity contribution in [3.8, 4) is 11.5 Å². The van der Waals surface area contributed by atoms with Crippen molar-refractivity contribution < 1.29 is 19.0 Å². The van der Waals surface area contributed by atoms with E-state index in [1.807, 2.05) is 31.2 Å². The smallest absolute Gasteiger partial charge is 0.305 e. The van der Waals surface area contributed by atoms with Crippen LogP contribution in [0.4, 0.5) is 0 Å². The van der Waals surface area contributed by atoms with Crippen LogP contribution >= 0.6 is 0 Å². The Kier molecular flexibility index (Phi) is 9.89. The second-order valence-electron chi connectivity index (χ2n) is 5.37. The van der Waals surface area contributed by atoms with Gasteiger partial charge >= 0.3 is 5.97 Å². The van der Waals surface area contributed by atoms with Crippen molar-refractivity contribution in [3.63, 3.8) is 0 Å². The fraction of sp³-hybridized carbons (Fsp3) is 0.556. The third-order valence-electron chi connectivity index (χ3n) is 3.33. The first-order chi connectivity index (χ1) is 12.1. The summed E-state index contributed by atoms with van der Waals surface area (Å²) in [4.78, 5) is 15.4. The topological polar surface area (TPSA) is 81.2 Å². The molecule has 0 heterocycles. The van der Waals surface area contributed by atoms with Gasteiger partial charge in [0.05, 0.1) is 20.3 Å². The number of methoxy groups -OCH3 is 1. The van der Waals surface area contributed by atoms with Gasteiger partial charge in [-0.2, -0.15) is 0 Å². The Balaban J connectivity index is 2.30. The van der Waals surface area contributed by atoms with Crippen LogP contribution < -0.4 is 20.1 Å². The van der Waals surface area contributed by atoms with Crippen LogP contribution in [-0.4, -0.2) is 51.9 Å². The van der Waals surface area contributed by atoms with E-state index >= 15 is 0 Å². The molecule has 0 aromatic heterocycles. The number of benzene rings is 1. The normalized spacial score (nSPS) is 12.2. The van der Waals surface area contributed by atoms with Crippen LogP contribution in [0.25, 0.3) is 0 Å². The molecule has 140 valence electrons. The van der Waals surface area contributed by atoms with Crippen LogP contribution in [0, 0.1) is 0 Å². The van der Waals surface area contributed by atoms with Crippen LogP contribution in [0.2, 0.25) is 0 Å². The first-order valence-electron chi connectivity index (χ1n) is 8.50. The minimum absolute atomic E-state index is 0.0746. The molecule has 1 unspecified atom stereocenters. The largest absolute Gasteiger partial charge is 0.493 e. The van der Waals surface area contributed by atoms with Gasteiger partial charge in [-0.05, 0) is 32.4 Å². The zero-order valence-corrected chi connectivity index (χ0v) is 15.5. The maximum atomic E-state index is 11.3. The lowest BCUT2D eigenvalue weighted by Crippen LogP contribution is -2.42. The number of guanidine groups is 1. The van der Waals surface area contributed by atoms with Gasteiger partial charge in [-0.3, -0.25) is 9.79 Å². The molecule has 25 heavy (non-hydrogen) atoms. The second-order valence-corrected chi connectivity index (χ2v) is 5.37. The second kappa shape index (κ2) is 12.0. The number of esters is 1.